The van der Waals surface area contributed by atoms with Crippen LogP contribution in [-0.2, 0) is 29.8 Å². The molecule has 2 aromatic rings. The predicted molar refractivity (Wildman–Crippen MR) is 66.5 cm³/mol. The first-order chi connectivity index (χ1) is 10.6. The lowest BCUT2D eigenvalue weighted by molar-refractivity contribution is -0.142. The molecule has 0 spiro atoms. The zero-order chi connectivity index (χ0) is 17.4. The van der Waals surface area contributed by atoms with E-state index in [0.29, 0.717) is 4.68 Å². The molecule has 1 atom stereocenters. The van der Waals surface area contributed by atoms with E-state index in [0.717, 1.165) is 13.3 Å². The van der Waals surface area contributed by atoms with Crippen molar-refractivity contribution in [1.29, 1.82) is 0 Å². The Balaban J connectivity index is 2.43. The van der Waals surface area contributed by atoms with Gasteiger partial charge >= 0.3 is 12.8 Å². The Morgan fingerprint density at radius 1 is 1.48 bits per heavy atom. The summed E-state index contributed by atoms with van der Waals surface area (Å²) in [5, 5.41) is 2.51. The van der Waals surface area contributed by atoms with Crippen molar-refractivity contribution < 1.29 is 35.3 Å². The molecule has 2 rings (SSSR count). The maximum Gasteiger partial charge on any atom is 0.435 e. The number of aromatic nitrogens is 3. The van der Waals surface area contributed by atoms with E-state index in [1.165, 1.54) is 0 Å². The van der Waals surface area contributed by atoms with Crippen LogP contribution < -0.4 is 4.74 Å². The van der Waals surface area contributed by atoms with Crippen LogP contribution in [0.2, 0.25) is 5.15 Å². The summed E-state index contributed by atoms with van der Waals surface area (Å²) in [5.74, 6) is -1.69. The van der Waals surface area contributed by atoms with E-state index in [1.54, 1.807) is 0 Å². The summed E-state index contributed by atoms with van der Waals surface area (Å²) in [5.41, 5.74) is -2.28. The van der Waals surface area contributed by atoms with Crippen LogP contribution in [0.4, 0.5) is 22.0 Å². The van der Waals surface area contributed by atoms with Gasteiger partial charge in [-0.2, -0.15) is 32.0 Å². The maximum absolute atomic E-state index is 13.0. The Labute approximate surface area is 132 Å². The lowest BCUT2D eigenvalue weighted by Gasteiger charge is -2.08. The van der Waals surface area contributed by atoms with Gasteiger partial charge in [-0.05, 0) is 0 Å². The average molecular weight is 380 g/mol. The number of aryl methyl sites for hydroxylation is 1. The van der Waals surface area contributed by atoms with Gasteiger partial charge in [-0.1, -0.05) is 11.6 Å². The van der Waals surface area contributed by atoms with Crippen LogP contribution in [0.25, 0.3) is 0 Å². The van der Waals surface area contributed by atoms with E-state index in [4.69, 9.17) is 16.0 Å². The predicted octanol–water partition coefficient (Wildman–Crippen LogP) is 2.99. The molecule has 0 aliphatic heterocycles. The molecule has 0 radical (unpaired) electrons. The van der Waals surface area contributed by atoms with E-state index in [-0.39, 0.29) is 5.15 Å². The number of rotatable bonds is 5. The van der Waals surface area contributed by atoms with Gasteiger partial charge in [0.05, 0.1) is 11.3 Å². The summed E-state index contributed by atoms with van der Waals surface area (Å²) in [6.45, 7) is -3.38. The van der Waals surface area contributed by atoms with Crippen LogP contribution in [0.5, 0.6) is 5.88 Å². The topological polar surface area (TPSA) is 70.2 Å². The fraction of sp³-hybridized carbons (Fsp3) is 0.400. The Morgan fingerprint density at radius 3 is 2.61 bits per heavy atom. The van der Waals surface area contributed by atoms with Crippen LogP contribution in [0.3, 0.4) is 0 Å². The fourth-order valence-electron chi connectivity index (χ4n) is 1.68. The first-order valence-corrected chi connectivity index (χ1v) is 7.36. The molecule has 23 heavy (non-hydrogen) atoms. The number of alkyl halides is 5. The van der Waals surface area contributed by atoms with Crippen molar-refractivity contribution >= 4 is 22.4 Å². The lowest BCUT2D eigenvalue weighted by atomic mass is 10.2. The summed E-state index contributed by atoms with van der Waals surface area (Å²) >= 11 is 5.46. The number of oxazole rings is 1. The molecule has 6 nitrogen and oxygen atoms in total. The molecule has 2 heterocycles. The van der Waals surface area contributed by atoms with E-state index < -0.39 is 51.7 Å². The minimum atomic E-state index is -4.95. The molecular weight excluding hydrogens is 373 g/mol. The fourth-order valence-corrected chi connectivity index (χ4v) is 2.85. The number of nitrogens with zero attached hydrogens (tertiary/aromatic N) is 3. The zero-order valence-electron chi connectivity index (χ0n) is 11.1. The molecular formula is C10H7ClF5N3O3S. The van der Waals surface area contributed by atoms with Gasteiger partial charge in [-0.3, -0.25) is 0 Å². The van der Waals surface area contributed by atoms with Crippen LogP contribution in [0.1, 0.15) is 11.3 Å². The zero-order valence-corrected chi connectivity index (χ0v) is 12.7. The summed E-state index contributed by atoms with van der Waals surface area (Å²) in [6.07, 6.45) is -4.02. The molecule has 0 saturated carbocycles. The van der Waals surface area contributed by atoms with Gasteiger partial charge in [0.15, 0.2) is 10.8 Å². The van der Waals surface area contributed by atoms with E-state index >= 15 is 0 Å². The molecule has 13 heteroatoms. The second-order valence-corrected chi connectivity index (χ2v) is 5.77. The van der Waals surface area contributed by atoms with Crippen LogP contribution in [0, 0.1) is 0 Å². The number of ether oxygens (including phenoxy) is 1. The quantitative estimate of drug-likeness (QED) is 0.747. The van der Waals surface area contributed by atoms with Crippen molar-refractivity contribution in [3.8, 4) is 5.88 Å². The minimum absolute atomic E-state index is 0.153. The van der Waals surface area contributed by atoms with Gasteiger partial charge in [-0.25, -0.2) is 8.89 Å². The highest BCUT2D eigenvalue weighted by molar-refractivity contribution is 7.84. The Hall–Kier alpha value is -1.69. The Morgan fingerprint density at radius 2 is 2.13 bits per heavy atom. The maximum atomic E-state index is 13.0. The molecule has 0 amide bonds. The molecule has 0 aliphatic carbocycles. The number of hydrogen-bond donors (Lipinski definition) is 0. The first-order valence-electron chi connectivity index (χ1n) is 5.67. The van der Waals surface area contributed by atoms with Crippen molar-refractivity contribution in [1.82, 2.24) is 14.8 Å². The minimum Gasteiger partial charge on any atom is -0.437 e. The van der Waals surface area contributed by atoms with Crippen molar-refractivity contribution in [2.75, 3.05) is 0 Å². The van der Waals surface area contributed by atoms with Gasteiger partial charge in [0.1, 0.15) is 17.1 Å². The molecule has 1 unspecified atom stereocenters. The van der Waals surface area contributed by atoms with Gasteiger partial charge in [0, 0.05) is 7.05 Å². The molecule has 0 N–H and O–H groups in total. The largest absolute Gasteiger partial charge is 0.437 e. The third-order valence-corrected chi connectivity index (χ3v) is 3.78. The normalized spacial score (nSPS) is 13.6. The smallest absolute Gasteiger partial charge is 0.435 e. The second-order valence-electron chi connectivity index (χ2n) is 4.06. The summed E-state index contributed by atoms with van der Waals surface area (Å²) in [4.78, 5) is 3.50. The van der Waals surface area contributed by atoms with Crippen molar-refractivity contribution in [2.45, 2.75) is 23.8 Å². The third-order valence-electron chi connectivity index (χ3n) is 2.48. The standard InChI is InChI=1S/C10H7ClF5N3O3S/c1-19-7(22-8(12)13)4(6(18-19)10(14,15)16)3-23(20)9-17-5(11)2-21-9/h2,8H,3H2,1H3. The average Bonchev–Trinajstić information content (AvgIpc) is 2.96. The van der Waals surface area contributed by atoms with Crippen molar-refractivity contribution in [3.05, 3.63) is 22.7 Å². The monoisotopic (exact) mass is 379 g/mol. The van der Waals surface area contributed by atoms with Crippen molar-refractivity contribution in [3.63, 3.8) is 0 Å². The summed E-state index contributed by atoms with van der Waals surface area (Å²) in [7, 11) is -1.22. The molecule has 0 saturated heterocycles. The molecule has 0 aromatic carbocycles. The van der Waals surface area contributed by atoms with Crippen molar-refractivity contribution in [2.24, 2.45) is 7.05 Å². The van der Waals surface area contributed by atoms with Gasteiger partial charge < -0.3 is 9.15 Å². The van der Waals surface area contributed by atoms with E-state index in [2.05, 4.69) is 14.8 Å². The van der Waals surface area contributed by atoms with Gasteiger partial charge in [-0.15, -0.1) is 0 Å². The SMILES string of the molecule is Cn1nc(C(F)(F)F)c(CS(=O)c2nc(Cl)co2)c1OC(F)F. The molecule has 2 aromatic heterocycles. The summed E-state index contributed by atoms with van der Waals surface area (Å²) < 4.78 is 84.9. The van der Waals surface area contributed by atoms with Gasteiger partial charge in [0.2, 0.25) is 5.88 Å². The van der Waals surface area contributed by atoms with Crippen LogP contribution in [0.15, 0.2) is 15.9 Å². The van der Waals surface area contributed by atoms with Crippen LogP contribution in [-0.4, -0.2) is 25.6 Å². The lowest BCUT2D eigenvalue weighted by Crippen LogP contribution is -2.12. The van der Waals surface area contributed by atoms with Crippen LogP contribution >= 0.6 is 11.6 Å². The highest BCUT2D eigenvalue weighted by Crippen LogP contribution is 2.37. The first kappa shape index (κ1) is 17.7. The third kappa shape index (κ3) is 3.99. The van der Waals surface area contributed by atoms with Gasteiger partial charge in [0.25, 0.3) is 5.22 Å². The molecule has 128 valence electrons. The highest BCUT2D eigenvalue weighted by atomic mass is 35.5. The highest BCUT2D eigenvalue weighted by Gasteiger charge is 2.40. The molecule has 0 fully saturated rings. The number of hydrogen-bond acceptors (Lipinski definition) is 5. The van der Waals surface area contributed by atoms with E-state index in [9.17, 15) is 26.2 Å². The number of halogens is 6. The summed E-state index contributed by atoms with van der Waals surface area (Å²) in [6, 6.07) is 0. The molecule has 0 bridgehead atoms. The Kier molecular flexibility index (Phi) is 4.94. The second kappa shape index (κ2) is 6.43. The van der Waals surface area contributed by atoms with E-state index in [1.807, 2.05) is 0 Å². The molecule has 0 aliphatic rings. The Bertz CT molecular complexity index is 730.